The lowest BCUT2D eigenvalue weighted by atomic mass is 10.1. The standard InChI is InChI=1S/C5H11NO3/c1-3-5(7)4(2)6(8)9/h4-5,7H,3H2,1-2H3/t4-,5-/m0/s1. The molecule has 0 aliphatic heterocycles. The number of hydrogen-bond acceptors (Lipinski definition) is 3. The highest BCUT2D eigenvalue weighted by Crippen LogP contribution is 1.99. The highest BCUT2D eigenvalue weighted by atomic mass is 16.6. The van der Waals surface area contributed by atoms with Crippen molar-refractivity contribution in [3.63, 3.8) is 0 Å². The van der Waals surface area contributed by atoms with Crippen molar-refractivity contribution in [2.45, 2.75) is 32.4 Å². The molecular formula is C5H11NO3. The van der Waals surface area contributed by atoms with Crippen LogP contribution in [-0.4, -0.2) is 22.2 Å². The van der Waals surface area contributed by atoms with E-state index in [1.54, 1.807) is 6.92 Å². The van der Waals surface area contributed by atoms with Gasteiger partial charge in [-0.2, -0.15) is 0 Å². The fraction of sp³-hybridized carbons (Fsp3) is 1.00. The number of nitro groups is 1. The predicted molar refractivity (Wildman–Crippen MR) is 32.8 cm³/mol. The maximum atomic E-state index is 9.95. The molecule has 54 valence electrons. The summed E-state index contributed by atoms with van der Waals surface area (Å²) in [7, 11) is 0. The van der Waals surface area contributed by atoms with Crippen molar-refractivity contribution in [2.75, 3.05) is 0 Å². The quantitative estimate of drug-likeness (QED) is 0.448. The summed E-state index contributed by atoms with van der Waals surface area (Å²) in [6, 6.07) is -0.838. The van der Waals surface area contributed by atoms with Crippen molar-refractivity contribution < 1.29 is 10.0 Å². The monoisotopic (exact) mass is 133 g/mol. The van der Waals surface area contributed by atoms with Gasteiger partial charge in [-0.05, 0) is 6.42 Å². The van der Waals surface area contributed by atoms with E-state index in [9.17, 15) is 10.1 Å². The van der Waals surface area contributed by atoms with Gasteiger partial charge in [0.25, 0.3) is 0 Å². The Morgan fingerprint density at radius 3 is 2.33 bits per heavy atom. The Kier molecular flexibility index (Phi) is 3.16. The second-order valence-electron chi connectivity index (χ2n) is 2.00. The minimum Gasteiger partial charge on any atom is -0.386 e. The smallest absolute Gasteiger partial charge is 0.235 e. The van der Waals surface area contributed by atoms with Crippen molar-refractivity contribution >= 4 is 0 Å². The highest BCUT2D eigenvalue weighted by molar-refractivity contribution is 4.58. The van der Waals surface area contributed by atoms with Gasteiger partial charge >= 0.3 is 0 Å². The molecule has 0 saturated heterocycles. The Hall–Kier alpha value is -0.640. The molecule has 0 bridgehead atoms. The molecular weight excluding hydrogens is 122 g/mol. The first-order valence-corrected chi connectivity index (χ1v) is 2.91. The molecule has 0 fully saturated rings. The summed E-state index contributed by atoms with van der Waals surface area (Å²) in [4.78, 5) is 9.47. The van der Waals surface area contributed by atoms with E-state index in [1.165, 1.54) is 6.92 Å². The summed E-state index contributed by atoms with van der Waals surface area (Å²) in [6.07, 6.45) is -0.373. The fourth-order valence-electron chi connectivity index (χ4n) is 0.482. The van der Waals surface area contributed by atoms with Crippen molar-refractivity contribution in [1.29, 1.82) is 0 Å². The minimum atomic E-state index is -0.838. The van der Waals surface area contributed by atoms with E-state index in [-0.39, 0.29) is 0 Å². The van der Waals surface area contributed by atoms with Crippen LogP contribution in [0.2, 0.25) is 0 Å². The third-order valence-electron chi connectivity index (χ3n) is 1.31. The van der Waals surface area contributed by atoms with Gasteiger partial charge in [0.05, 0.1) is 0 Å². The molecule has 0 spiro atoms. The van der Waals surface area contributed by atoms with Gasteiger partial charge < -0.3 is 5.11 Å². The molecule has 4 heteroatoms. The predicted octanol–water partition coefficient (Wildman–Crippen LogP) is 0.422. The van der Waals surface area contributed by atoms with Crippen LogP contribution in [0.4, 0.5) is 0 Å². The number of aliphatic hydroxyl groups is 1. The molecule has 0 aliphatic carbocycles. The van der Waals surface area contributed by atoms with Crippen LogP contribution in [0.1, 0.15) is 20.3 Å². The van der Waals surface area contributed by atoms with Crippen LogP contribution in [0.3, 0.4) is 0 Å². The van der Waals surface area contributed by atoms with E-state index in [0.717, 1.165) is 0 Å². The maximum absolute atomic E-state index is 9.95. The molecule has 1 N–H and O–H groups in total. The Labute approximate surface area is 53.6 Å². The van der Waals surface area contributed by atoms with E-state index >= 15 is 0 Å². The second-order valence-corrected chi connectivity index (χ2v) is 2.00. The Balaban J connectivity index is 3.72. The average Bonchev–Trinajstić information content (AvgIpc) is 1.84. The summed E-state index contributed by atoms with van der Waals surface area (Å²) in [5.74, 6) is 0. The van der Waals surface area contributed by atoms with Gasteiger partial charge in [-0.15, -0.1) is 0 Å². The molecule has 4 nitrogen and oxygen atoms in total. The number of hydrogen-bond donors (Lipinski definition) is 1. The summed E-state index contributed by atoms with van der Waals surface area (Å²) in [5.41, 5.74) is 0. The lowest BCUT2D eigenvalue weighted by Gasteiger charge is -2.07. The maximum Gasteiger partial charge on any atom is 0.235 e. The Morgan fingerprint density at radius 1 is 1.78 bits per heavy atom. The van der Waals surface area contributed by atoms with Crippen LogP contribution < -0.4 is 0 Å². The van der Waals surface area contributed by atoms with Gasteiger partial charge in [-0.1, -0.05) is 6.92 Å². The second kappa shape index (κ2) is 3.40. The van der Waals surface area contributed by atoms with Gasteiger partial charge in [0.1, 0.15) is 6.10 Å². The molecule has 0 rings (SSSR count). The molecule has 0 unspecified atom stereocenters. The third-order valence-corrected chi connectivity index (χ3v) is 1.31. The van der Waals surface area contributed by atoms with E-state index in [1.807, 2.05) is 0 Å². The van der Waals surface area contributed by atoms with Crippen LogP contribution in [0.5, 0.6) is 0 Å². The molecule has 0 aromatic carbocycles. The Bertz CT molecular complexity index is 104. The average molecular weight is 133 g/mol. The van der Waals surface area contributed by atoms with Crippen molar-refractivity contribution in [2.24, 2.45) is 0 Å². The lowest BCUT2D eigenvalue weighted by Crippen LogP contribution is -2.29. The van der Waals surface area contributed by atoms with E-state index in [0.29, 0.717) is 6.42 Å². The zero-order chi connectivity index (χ0) is 7.44. The first-order valence-electron chi connectivity index (χ1n) is 2.91. The highest BCUT2D eigenvalue weighted by Gasteiger charge is 2.21. The molecule has 0 aliphatic rings. The molecule has 0 heterocycles. The fourth-order valence-corrected chi connectivity index (χ4v) is 0.482. The van der Waals surface area contributed by atoms with Crippen LogP contribution in [0, 0.1) is 10.1 Å². The normalized spacial score (nSPS) is 16.8. The number of nitrogens with zero attached hydrogens (tertiary/aromatic N) is 1. The summed E-state index contributed by atoms with van der Waals surface area (Å²) >= 11 is 0. The van der Waals surface area contributed by atoms with Gasteiger partial charge in [0.2, 0.25) is 6.04 Å². The summed E-state index contributed by atoms with van der Waals surface area (Å²) in [6.45, 7) is 3.11. The molecule has 0 aromatic heterocycles. The number of aliphatic hydroxyl groups excluding tert-OH is 1. The van der Waals surface area contributed by atoms with Gasteiger partial charge in [0, 0.05) is 11.8 Å². The van der Waals surface area contributed by atoms with Crippen molar-refractivity contribution in [1.82, 2.24) is 0 Å². The molecule has 2 atom stereocenters. The topological polar surface area (TPSA) is 63.4 Å². The van der Waals surface area contributed by atoms with Crippen LogP contribution in [0.25, 0.3) is 0 Å². The molecule has 0 amide bonds. The van der Waals surface area contributed by atoms with E-state index in [2.05, 4.69) is 0 Å². The zero-order valence-electron chi connectivity index (χ0n) is 5.57. The SMILES string of the molecule is CC[C@H](O)[C@H](C)[N+](=O)[O-]. The Morgan fingerprint density at radius 2 is 2.22 bits per heavy atom. The van der Waals surface area contributed by atoms with Crippen molar-refractivity contribution in [3.8, 4) is 0 Å². The minimum absolute atomic E-state index is 0.433. The largest absolute Gasteiger partial charge is 0.386 e. The van der Waals surface area contributed by atoms with E-state index in [4.69, 9.17) is 5.11 Å². The molecule has 0 aromatic rings. The van der Waals surface area contributed by atoms with Gasteiger partial charge in [-0.3, -0.25) is 10.1 Å². The lowest BCUT2D eigenvalue weighted by molar-refractivity contribution is -0.529. The zero-order valence-corrected chi connectivity index (χ0v) is 5.57. The summed E-state index contributed by atoms with van der Waals surface area (Å²) in [5, 5.41) is 18.8. The first-order chi connectivity index (χ1) is 4.09. The van der Waals surface area contributed by atoms with Crippen LogP contribution in [0.15, 0.2) is 0 Å². The third kappa shape index (κ3) is 2.41. The van der Waals surface area contributed by atoms with Gasteiger partial charge in [0.15, 0.2) is 0 Å². The summed E-state index contributed by atoms with van der Waals surface area (Å²) < 4.78 is 0. The first kappa shape index (κ1) is 8.36. The van der Waals surface area contributed by atoms with E-state index < -0.39 is 17.1 Å². The number of rotatable bonds is 3. The van der Waals surface area contributed by atoms with Crippen LogP contribution >= 0.6 is 0 Å². The van der Waals surface area contributed by atoms with Gasteiger partial charge in [-0.25, -0.2) is 0 Å². The molecule has 9 heavy (non-hydrogen) atoms. The molecule has 0 saturated carbocycles. The van der Waals surface area contributed by atoms with Crippen LogP contribution in [-0.2, 0) is 0 Å². The molecule has 0 radical (unpaired) electrons. The van der Waals surface area contributed by atoms with Crippen molar-refractivity contribution in [3.05, 3.63) is 10.1 Å².